The first-order chi connectivity index (χ1) is 7.92. The Morgan fingerprint density at radius 1 is 1.53 bits per heavy atom. The Balaban J connectivity index is 2.45. The molecule has 0 amide bonds. The zero-order valence-corrected chi connectivity index (χ0v) is 9.17. The number of benzene rings is 1. The van der Waals surface area contributed by atoms with Crippen LogP contribution in [0, 0.1) is 10.1 Å². The normalized spacial score (nSPS) is 16.3. The predicted octanol–water partition coefficient (Wildman–Crippen LogP) is 2.70. The maximum absolute atomic E-state index is 10.7. The summed E-state index contributed by atoms with van der Waals surface area (Å²) in [6.45, 7) is 1.93. The standard InChI is InChI=1S/C11H11NO5/c1-11(4-5-11)8-6-7(12(15)16)2-3-9(8)17-10(13)14/h2-3,6H,4-5H2,1H3,(H,13,14). The second kappa shape index (κ2) is 3.73. The maximum Gasteiger partial charge on any atom is 0.511 e. The van der Waals surface area contributed by atoms with E-state index in [0.29, 0.717) is 5.56 Å². The molecular weight excluding hydrogens is 226 g/mol. The molecule has 0 radical (unpaired) electrons. The molecule has 0 atom stereocenters. The molecule has 6 nitrogen and oxygen atoms in total. The fourth-order valence-electron chi connectivity index (χ4n) is 1.74. The van der Waals surface area contributed by atoms with Crippen molar-refractivity contribution in [2.45, 2.75) is 25.2 Å². The van der Waals surface area contributed by atoms with Gasteiger partial charge >= 0.3 is 6.16 Å². The number of rotatable bonds is 3. The van der Waals surface area contributed by atoms with Crippen LogP contribution in [0.4, 0.5) is 10.5 Å². The topological polar surface area (TPSA) is 89.7 Å². The van der Waals surface area contributed by atoms with Gasteiger partial charge in [0.1, 0.15) is 5.75 Å². The molecule has 2 rings (SSSR count). The van der Waals surface area contributed by atoms with Gasteiger partial charge in [-0.25, -0.2) is 4.79 Å². The number of nitrogens with zero attached hydrogens (tertiary/aromatic N) is 1. The van der Waals surface area contributed by atoms with Crippen molar-refractivity contribution in [3.05, 3.63) is 33.9 Å². The van der Waals surface area contributed by atoms with Crippen LogP contribution in [0.1, 0.15) is 25.3 Å². The molecule has 1 fully saturated rings. The Bertz CT molecular complexity index is 493. The zero-order chi connectivity index (χ0) is 12.6. The molecule has 0 spiro atoms. The first-order valence-electron chi connectivity index (χ1n) is 5.12. The summed E-state index contributed by atoms with van der Waals surface area (Å²) in [6.07, 6.45) is 0.346. The molecule has 1 aromatic carbocycles. The Kier molecular flexibility index (Phi) is 2.49. The van der Waals surface area contributed by atoms with E-state index in [1.54, 1.807) is 0 Å². The summed E-state index contributed by atoms with van der Waals surface area (Å²) in [4.78, 5) is 20.7. The van der Waals surface area contributed by atoms with Crippen LogP contribution in [-0.4, -0.2) is 16.2 Å². The van der Waals surface area contributed by atoms with Gasteiger partial charge in [-0.2, -0.15) is 0 Å². The van der Waals surface area contributed by atoms with Crippen LogP contribution in [0.15, 0.2) is 18.2 Å². The molecule has 1 aliphatic carbocycles. The summed E-state index contributed by atoms with van der Waals surface area (Å²) in [7, 11) is 0. The van der Waals surface area contributed by atoms with Gasteiger partial charge in [-0.3, -0.25) is 10.1 Å². The summed E-state index contributed by atoms with van der Waals surface area (Å²) in [5, 5.41) is 19.3. The molecule has 0 saturated heterocycles. The Morgan fingerprint density at radius 2 is 2.18 bits per heavy atom. The number of hydrogen-bond donors (Lipinski definition) is 1. The van der Waals surface area contributed by atoms with Gasteiger partial charge in [0, 0.05) is 17.7 Å². The van der Waals surface area contributed by atoms with E-state index in [1.807, 2.05) is 6.92 Å². The SMILES string of the molecule is CC1(c2cc([N+](=O)[O-])ccc2OC(=O)O)CC1. The van der Waals surface area contributed by atoms with E-state index in [2.05, 4.69) is 4.74 Å². The highest BCUT2D eigenvalue weighted by molar-refractivity contribution is 5.63. The van der Waals surface area contributed by atoms with E-state index in [9.17, 15) is 14.9 Å². The zero-order valence-electron chi connectivity index (χ0n) is 9.17. The lowest BCUT2D eigenvalue weighted by molar-refractivity contribution is -0.385. The lowest BCUT2D eigenvalue weighted by Gasteiger charge is -2.13. The highest BCUT2D eigenvalue weighted by atomic mass is 16.7. The smallest absolute Gasteiger partial charge is 0.449 e. The van der Waals surface area contributed by atoms with Crippen LogP contribution in [0.5, 0.6) is 5.75 Å². The Labute approximate surface area is 97.0 Å². The summed E-state index contributed by atoms with van der Waals surface area (Å²) in [5.41, 5.74) is 0.344. The minimum absolute atomic E-state index is 0.0501. The summed E-state index contributed by atoms with van der Waals surface area (Å²) in [6, 6.07) is 3.98. The first kappa shape index (κ1) is 11.4. The highest BCUT2D eigenvalue weighted by Gasteiger charge is 2.42. The molecule has 1 saturated carbocycles. The largest absolute Gasteiger partial charge is 0.511 e. The van der Waals surface area contributed by atoms with Crippen molar-refractivity contribution in [2.75, 3.05) is 0 Å². The molecule has 0 bridgehead atoms. The van der Waals surface area contributed by atoms with Crippen molar-refractivity contribution in [3.8, 4) is 5.75 Å². The van der Waals surface area contributed by atoms with Gasteiger partial charge in [-0.1, -0.05) is 6.92 Å². The van der Waals surface area contributed by atoms with Gasteiger partial charge in [-0.15, -0.1) is 0 Å². The van der Waals surface area contributed by atoms with Gasteiger partial charge in [-0.05, 0) is 24.3 Å². The third-order valence-electron chi connectivity index (χ3n) is 3.02. The average molecular weight is 237 g/mol. The predicted molar refractivity (Wildman–Crippen MR) is 58.3 cm³/mol. The molecular formula is C11H11NO5. The Hall–Kier alpha value is -2.11. The van der Waals surface area contributed by atoms with Crippen LogP contribution < -0.4 is 4.74 Å². The van der Waals surface area contributed by atoms with E-state index < -0.39 is 11.1 Å². The molecule has 0 aliphatic heterocycles. The molecule has 6 heteroatoms. The van der Waals surface area contributed by atoms with E-state index in [-0.39, 0.29) is 16.9 Å². The van der Waals surface area contributed by atoms with Crippen LogP contribution in [-0.2, 0) is 5.41 Å². The quantitative estimate of drug-likeness (QED) is 0.378. The lowest BCUT2D eigenvalue weighted by Crippen LogP contribution is -2.09. The number of nitro groups is 1. The number of nitro benzene ring substituents is 1. The van der Waals surface area contributed by atoms with Crippen molar-refractivity contribution >= 4 is 11.8 Å². The van der Waals surface area contributed by atoms with Gasteiger partial charge in [0.15, 0.2) is 0 Å². The molecule has 1 N–H and O–H groups in total. The second-order valence-electron chi connectivity index (χ2n) is 4.37. The monoisotopic (exact) mass is 237 g/mol. The average Bonchev–Trinajstić information content (AvgIpc) is 2.97. The van der Waals surface area contributed by atoms with Gasteiger partial charge < -0.3 is 9.84 Å². The minimum atomic E-state index is -1.41. The third-order valence-corrected chi connectivity index (χ3v) is 3.02. The number of hydrogen-bond acceptors (Lipinski definition) is 4. The number of non-ortho nitro benzene ring substituents is 1. The Morgan fingerprint density at radius 3 is 2.65 bits per heavy atom. The fourth-order valence-corrected chi connectivity index (χ4v) is 1.74. The van der Waals surface area contributed by atoms with Crippen LogP contribution in [0.2, 0.25) is 0 Å². The number of carboxylic acid groups (broad SMARTS) is 1. The highest BCUT2D eigenvalue weighted by Crippen LogP contribution is 2.51. The lowest BCUT2D eigenvalue weighted by atomic mass is 9.97. The van der Waals surface area contributed by atoms with Crippen LogP contribution >= 0.6 is 0 Å². The van der Waals surface area contributed by atoms with Crippen molar-refractivity contribution in [1.82, 2.24) is 0 Å². The molecule has 1 aliphatic rings. The summed E-state index contributed by atoms with van der Waals surface area (Å²) >= 11 is 0. The van der Waals surface area contributed by atoms with E-state index in [1.165, 1.54) is 18.2 Å². The first-order valence-corrected chi connectivity index (χ1v) is 5.12. The van der Waals surface area contributed by atoms with E-state index in [4.69, 9.17) is 5.11 Å². The molecule has 0 heterocycles. The number of ether oxygens (including phenoxy) is 1. The molecule has 90 valence electrons. The maximum atomic E-state index is 10.7. The minimum Gasteiger partial charge on any atom is -0.449 e. The van der Waals surface area contributed by atoms with Crippen molar-refractivity contribution in [1.29, 1.82) is 0 Å². The van der Waals surface area contributed by atoms with E-state index in [0.717, 1.165) is 12.8 Å². The third kappa shape index (κ3) is 2.20. The van der Waals surface area contributed by atoms with Gasteiger partial charge in [0.05, 0.1) is 4.92 Å². The number of carbonyl (C=O) groups is 1. The van der Waals surface area contributed by atoms with Crippen LogP contribution in [0.25, 0.3) is 0 Å². The summed E-state index contributed by atoms with van der Waals surface area (Å²) in [5.74, 6) is 0.183. The molecule has 0 aromatic heterocycles. The second-order valence-corrected chi connectivity index (χ2v) is 4.37. The fraction of sp³-hybridized carbons (Fsp3) is 0.364. The van der Waals surface area contributed by atoms with Gasteiger partial charge in [0.25, 0.3) is 5.69 Å². The van der Waals surface area contributed by atoms with Crippen molar-refractivity contribution in [3.63, 3.8) is 0 Å². The molecule has 17 heavy (non-hydrogen) atoms. The summed E-state index contributed by atoms with van der Waals surface area (Å²) < 4.78 is 4.64. The van der Waals surface area contributed by atoms with Gasteiger partial charge in [0.2, 0.25) is 0 Å². The molecule has 1 aromatic rings. The van der Waals surface area contributed by atoms with Crippen molar-refractivity contribution in [2.24, 2.45) is 0 Å². The van der Waals surface area contributed by atoms with E-state index >= 15 is 0 Å². The van der Waals surface area contributed by atoms with Crippen LogP contribution in [0.3, 0.4) is 0 Å². The van der Waals surface area contributed by atoms with Crippen molar-refractivity contribution < 1.29 is 19.6 Å². The molecule has 0 unspecified atom stereocenters.